The number of carbonyl (C=O) groups is 2. The van der Waals surface area contributed by atoms with Crippen molar-refractivity contribution in [3.8, 4) is 0 Å². The minimum atomic E-state index is -4.40. The molecule has 1 N–H and O–H groups in total. The van der Waals surface area contributed by atoms with E-state index in [2.05, 4.69) is 148 Å². The van der Waals surface area contributed by atoms with E-state index in [1.807, 2.05) is 21.1 Å². The molecule has 0 heterocycles. The van der Waals surface area contributed by atoms with Gasteiger partial charge in [-0.15, -0.1) is 0 Å². The van der Waals surface area contributed by atoms with E-state index in [-0.39, 0.29) is 32.0 Å². The predicted molar refractivity (Wildman–Crippen MR) is 417 cm³/mol. The van der Waals surface area contributed by atoms with E-state index in [0.29, 0.717) is 17.4 Å². The molecule has 552 valence electrons. The third kappa shape index (κ3) is 79.1. The van der Waals surface area contributed by atoms with Crippen LogP contribution in [0, 0.1) is 0 Å². The number of carbonyl (C=O) groups excluding carboxylic acids is 2. The van der Waals surface area contributed by atoms with E-state index in [9.17, 15) is 19.0 Å². The van der Waals surface area contributed by atoms with Crippen LogP contribution in [0.1, 0.15) is 348 Å². The highest BCUT2D eigenvalue weighted by molar-refractivity contribution is 7.47. The summed E-state index contributed by atoms with van der Waals surface area (Å²) < 4.78 is 34.8. The lowest BCUT2D eigenvalue weighted by molar-refractivity contribution is -0.870. The van der Waals surface area contributed by atoms with Crippen molar-refractivity contribution in [1.29, 1.82) is 0 Å². The first-order chi connectivity index (χ1) is 47.0. The molecule has 0 bridgehead atoms. The average molecular weight is 1360 g/mol. The van der Waals surface area contributed by atoms with E-state index < -0.39 is 26.5 Å². The zero-order chi connectivity index (χ0) is 69.7. The Morgan fingerprint density at radius 1 is 0.333 bits per heavy atom. The zero-order valence-electron chi connectivity index (χ0n) is 63.1. The highest BCUT2D eigenvalue weighted by Gasteiger charge is 2.27. The molecule has 0 aliphatic heterocycles. The van der Waals surface area contributed by atoms with E-state index in [1.165, 1.54) is 205 Å². The predicted octanol–water partition coefficient (Wildman–Crippen LogP) is 26.7. The van der Waals surface area contributed by atoms with E-state index >= 15 is 0 Å². The second-order valence-electron chi connectivity index (χ2n) is 27.7. The average Bonchev–Trinajstić information content (AvgIpc) is 1.98. The van der Waals surface area contributed by atoms with Gasteiger partial charge in [-0.1, -0.05) is 353 Å². The van der Waals surface area contributed by atoms with E-state index in [0.717, 1.165) is 109 Å². The van der Waals surface area contributed by atoms with Crippen LogP contribution in [0.4, 0.5) is 0 Å². The van der Waals surface area contributed by atoms with Crippen LogP contribution in [-0.4, -0.2) is 74.9 Å². The molecule has 2 unspecified atom stereocenters. The van der Waals surface area contributed by atoms with Crippen LogP contribution < -0.4 is 0 Å². The normalized spacial score (nSPS) is 13.8. The summed E-state index contributed by atoms with van der Waals surface area (Å²) in [4.78, 5) is 36.0. The standard InChI is InChI=1S/C86H150NO8P/c1-6-8-10-12-14-16-18-20-22-24-26-28-30-32-34-36-38-40-41-42-43-44-45-47-49-51-53-55-57-59-61-63-65-67-69-71-73-75-77-79-86(89)95-84(83-94-96(90,91)93-81-80-87(3,4)5)82-92-85(88)78-76-74-72-70-68-66-64-62-60-58-56-54-52-50-48-46-39-37-35-33-31-29-27-25-23-21-19-17-15-13-11-9-7-2/h8,10,14,16,19-22,25-28,32,34,38,40,42-43,45,47,51,53,84H,6-7,9,11-13,15,17-18,23-24,29-31,33,35-37,39,41,44,46,48-50,52,54-83H2,1-5H3/p+1/b10-8-,16-14-,21-19-,22-20-,27-25-,28-26-,34-32-,40-38-,43-42-,47-45-,53-51-. The molecule has 0 aliphatic rings. The van der Waals surface area contributed by atoms with E-state index in [1.54, 1.807) is 0 Å². The zero-order valence-corrected chi connectivity index (χ0v) is 64.0. The Balaban J connectivity index is 4.01. The topological polar surface area (TPSA) is 108 Å². The molecule has 0 amide bonds. The van der Waals surface area contributed by atoms with Crippen molar-refractivity contribution in [3.63, 3.8) is 0 Å². The maximum atomic E-state index is 12.9. The van der Waals surface area contributed by atoms with Gasteiger partial charge in [0.05, 0.1) is 27.7 Å². The largest absolute Gasteiger partial charge is 0.472 e. The molecule has 0 saturated heterocycles. The number of rotatable bonds is 73. The molecule has 96 heavy (non-hydrogen) atoms. The molecular weight excluding hydrogens is 1210 g/mol. The van der Waals surface area contributed by atoms with Crippen LogP contribution in [-0.2, 0) is 32.7 Å². The minimum Gasteiger partial charge on any atom is -0.462 e. The lowest BCUT2D eigenvalue weighted by Gasteiger charge is -2.24. The second-order valence-corrected chi connectivity index (χ2v) is 29.2. The molecular formula is C86H151NO8P+. The maximum Gasteiger partial charge on any atom is 0.472 e. The summed E-state index contributed by atoms with van der Waals surface area (Å²) in [5.74, 6) is -0.793. The summed E-state index contributed by atoms with van der Waals surface area (Å²) >= 11 is 0. The van der Waals surface area contributed by atoms with E-state index in [4.69, 9.17) is 18.5 Å². The third-order valence-electron chi connectivity index (χ3n) is 17.2. The first-order valence-electron chi connectivity index (χ1n) is 39.9. The van der Waals surface area contributed by atoms with Gasteiger partial charge in [0.25, 0.3) is 0 Å². The Kier molecular flexibility index (Phi) is 72.3. The highest BCUT2D eigenvalue weighted by Crippen LogP contribution is 2.43. The SMILES string of the molecule is CC/C=C\C/C=C\C/C=C\C/C=C\C/C=C\C/C=C\C/C=C\C/C=C\C/C=C\CCCCCCCCCCCCCC(=O)OC(COC(=O)CCCCCCCCCCCCCCCCCCCCCCC/C=C\C/C=C\CCCCCCC)COP(=O)(O)OCC[N+](C)(C)C. The van der Waals surface area contributed by atoms with Gasteiger partial charge >= 0.3 is 19.8 Å². The first kappa shape index (κ1) is 92.2. The number of phosphoric acid groups is 1. The molecule has 0 aromatic heterocycles. The van der Waals surface area contributed by atoms with Gasteiger partial charge in [0.1, 0.15) is 19.8 Å². The Hall–Kier alpha value is -3.85. The fourth-order valence-corrected chi connectivity index (χ4v) is 11.8. The lowest BCUT2D eigenvalue weighted by Crippen LogP contribution is -2.37. The number of quaternary nitrogens is 1. The molecule has 0 aromatic carbocycles. The Morgan fingerprint density at radius 2 is 0.594 bits per heavy atom. The fraction of sp³-hybridized carbons (Fsp3) is 0.721. The minimum absolute atomic E-state index is 0.0274. The van der Waals surface area contributed by atoms with Crippen molar-refractivity contribution in [2.75, 3.05) is 47.5 Å². The summed E-state index contributed by atoms with van der Waals surface area (Å²) in [5.41, 5.74) is 0. The number of esters is 2. The second kappa shape index (κ2) is 75.4. The van der Waals surface area contributed by atoms with Gasteiger partial charge in [0, 0.05) is 12.8 Å². The number of hydrogen-bond acceptors (Lipinski definition) is 7. The molecule has 0 fully saturated rings. The van der Waals surface area contributed by atoms with Gasteiger partial charge in [-0.25, -0.2) is 4.57 Å². The van der Waals surface area contributed by atoms with Crippen molar-refractivity contribution >= 4 is 19.8 Å². The molecule has 0 radical (unpaired) electrons. The molecule has 0 aliphatic carbocycles. The summed E-state index contributed by atoms with van der Waals surface area (Å²) in [6.45, 7) is 4.34. The number of likely N-dealkylation sites (N-methyl/N-ethyl adjacent to an activating group) is 1. The summed E-state index contributed by atoms with van der Waals surface area (Å²) in [6.07, 6.45) is 110. The maximum absolute atomic E-state index is 12.9. The van der Waals surface area contributed by atoms with Crippen molar-refractivity contribution < 1.29 is 42.1 Å². The molecule has 0 spiro atoms. The van der Waals surface area contributed by atoms with Crippen molar-refractivity contribution in [1.82, 2.24) is 0 Å². The summed E-state index contributed by atoms with van der Waals surface area (Å²) in [6, 6.07) is 0. The molecule has 10 heteroatoms. The molecule has 0 saturated carbocycles. The number of allylic oxidation sites excluding steroid dienone is 22. The monoisotopic (exact) mass is 1360 g/mol. The van der Waals surface area contributed by atoms with Crippen molar-refractivity contribution in [2.24, 2.45) is 0 Å². The third-order valence-corrected chi connectivity index (χ3v) is 18.1. The Bertz CT molecular complexity index is 2090. The summed E-state index contributed by atoms with van der Waals surface area (Å²) in [7, 11) is 1.48. The van der Waals surface area contributed by atoms with Crippen molar-refractivity contribution in [3.05, 3.63) is 134 Å². The van der Waals surface area contributed by atoms with Gasteiger partial charge in [-0.3, -0.25) is 18.6 Å². The molecule has 2 atom stereocenters. The van der Waals surface area contributed by atoms with Gasteiger partial charge in [0.15, 0.2) is 6.10 Å². The van der Waals surface area contributed by atoms with Gasteiger partial charge in [0.2, 0.25) is 0 Å². The van der Waals surface area contributed by atoms with Crippen LogP contribution >= 0.6 is 7.82 Å². The summed E-state index contributed by atoms with van der Waals surface area (Å²) in [5, 5.41) is 0. The fourth-order valence-electron chi connectivity index (χ4n) is 11.1. The number of phosphoric ester groups is 1. The van der Waals surface area contributed by atoms with Crippen LogP contribution in [0.5, 0.6) is 0 Å². The van der Waals surface area contributed by atoms with Crippen LogP contribution in [0.25, 0.3) is 0 Å². The first-order valence-corrected chi connectivity index (χ1v) is 41.4. The number of unbranched alkanes of at least 4 members (excludes halogenated alkanes) is 37. The molecule has 9 nitrogen and oxygen atoms in total. The molecule has 0 aromatic rings. The number of nitrogens with zero attached hydrogens (tertiary/aromatic N) is 1. The Morgan fingerprint density at radius 3 is 0.885 bits per heavy atom. The van der Waals surface area contributed by atoms with Gasteiger partial charge < -0.3 is 18.9 Å². The van der Waals surface area contributed by atoms with Crippen LogP contribution in [0.3, 0.4) is 0 Å². The smallest absolute Gasteiger partial charge is 0.462 e. The highest BCUT2D eigenvalue weighted by atomic mass is 31.2. The Labute approximate surface area is 593 Å². The lowest BCUT2D eigenvalue weighted by atomic mass is 10.0. The van der Waals surface area contributed by atoms with Crippen LogP contribution in [0.2, 0.25) is 0 Å². The van der Waals surface area contributed by atoms with Crippen LogP contribution in [0.15, 0.2) is 134 Å². The quantitative estimate of drug-likeness (QED) is 0.0211. The van der Waals surface area contributed by atoms with Gasteiger partial charge in [-0.05, 0) is 116 Å². The van der Waals surface area contributed by atoms with Crippen molar-refractivity contribution in [2.45, 2.75) is 354 Å². The molecule has 0 rings (SSSR count). The number of hydrogen-bond donors (Lipinski definition) is 1. The van der Waals surface area contributed by atoms with Gasteiger partial charge in [-0.2, -0.15) is 0 Å². The number of ether oxygens (including phenoxy) is 2.